The molecule has 2 aromatic carbocycles. The molecule has 1 aliphatic rings. The van der Waals surface area contributed by atoms with Crippen LogP contribution in [0.2, 0.25) is 10.0 Å². The number of aryl methyl sites for hydroxylation is 2. The first kappa shape index (κ1) is 13.6. The van der Waals surface area contributed by atoms with Crippen molar-refractivity contribution in [2.45, 2.75) is 25.7 Å². The molecule has 104 valence electrons. The molecule has 0 heterocycles. The van der Waals surface area contributed by atoms with Crippen molar-refractivity contribution in [3.8, 4) is 11.5 Å². The number of anilines is 1. The van der Waals surface area contributed by atoms with Gasteiger partial charge >= 0.3 is 0 Å². The number of benzene rings is 2. The van der Waals surface area contributed by atoms with Crippen LogP contribution >= 0.6 is 23.2 Å². The van der Waals surface area contributed by atoms with E-state index in [1.807, 2.05) is 6.07 Å². The number of ether oxygens (including phenoxy) is 1. The topological polar surface area (TPSA) is 35.2 Å². The fraction of sp³-hybridized carbons (Fsp3) is 0.250. The zero-order valence-electron chi connectivity index (χ0n) is 11.0. The summed E-state index contributed by atoms with van der Waals surface area (Å²) in [6.07, 6.45) is 4.78. The van der Waals surface area contributed by atoms with Crippen molar-refractivity contribution in [3.63, 3.8) is 0 Å². The number of hydrogen-bond acceptors (Lipinski definition) is 2. The van der Waals surface area contributed by atoms with Crippen molar-refractivity contribution < 1.29 is 4.74 Å². The molecule has 2 aromatic rings. The first-order valence-corrected chi connectivity index (χ1v) is 7.43. The van der Waals surface area contributed by atoms with E-state index in [-0.39, 0.29) is 0 Å². The smallest absolute Gasteiger partial charge is 0.151 e. The Bertz CT molecular complexity index is 655. The average Bonchev–Trinajstić information content (AvgIpc) is 2.44. The van der Waals surface area contributed by atoms with E-state index in [2.05, 4.69) is 12.1 Å². The SMILES string of the molecule is Nc1cc(Cl)c(Cl)cc1Oc1ccc2c(c1)CCCC2. The molecule has 1 aliphatic carbocycles. The molecular weight excluding hydrogens is 293 g/mol. The van der Waals surface area contributed by atoms with Crippen LogP contribution in [0.25, 0.3) is 0 Å². The normalized spacial score (nSPS) is 13.9. The molecule has 0 atom stereocenters. The molecular formula is C16H15Cl2NO. The first-order valence-electron chi connectivity index (χ1n) is 6.67. The van der Waals surface area contributed by atoms with Crippen LogP contribution in [0.4, 0.5) is 5.69 Å². The summed E-state index contributed by atoms with van der Waals surface area (Å²) < 4.78 is 5.84. The molecule has 4 heteroatoms. The number of nitrogens with two attached hydrogens (primary N) is 1. The molecule has 0 unspecified atom stereocenters. The number of halogens is 2. The predicted octanol–water partition coefficient (Wildman–Crippen LogP) is 5.25. The summed E-state index contributed by atoms with van der Waals surface area (Å²) in [6, 6.07) is 9.47. The fourth-order valence-electron chi connectivity index (χ4n) is 2.53. The Morgan fingerprint density at radius 3 is 2.40 bits per heavy atom. The Hall–Kier alpha value is -1.38. The van der Waals surface area contributed by atoms with Crippen molar-refractivity contribution in [3.05, 3.63) is 51.5 Å². The number of hydrogen-bond donors (Lipinski definition) is 1. The van der Waals surface area contributed by atoms with Gasteiger partial charge in [0.1, 0.15) is 5.75 Å². The van der Waals surface area contributed by atoms with Crippen molar-refractivity contribution in [2.75, 3.05) is 5.73 Å². The molecule has 0 amide bonds. The van der Waals surface area contributed by atoms with Crippen molar-refractivity contribution in [2.24, 2.45) is 0 Å². The van der Waals surface area contributed by atoms with Crippen LogP contribution in [0.5, 0.6) is 11.5 Å². The van der Waals surface area contributed by atoms with E-state index in [9.17, 15) is 0 Å². The zero-order valence-corrected chi connectivity index (χ0v) is 12.5. The van der Waals surface area contributed by atoms with Gasteiger partial charge in [-0.1, -0.05) is 29.3 Å². The van der Waals surface area contributed by atoms with Gasteiger partial charge in [0.2, 0.25) is 0 Å². The van der Waals surface area contributed by atoms with Crippen LogP contribution in [-0.2, 0) is 12.8 Å². The van der Waals surface area contributed by atoms with E-state index < -0.39 is 0 Å². The van der Waals surface area contributed by atoms with Crippen molar-refractivity contribution in [1.29, 1.82) is 0 Å². The Labute approximate surface area is 128 Å². The van der Waals surface area contributed by atoms with Crippen LogP contribution in [0.1, 0.15) is 24.0 Å². The van der Waals surface area contributed by atoms with Crippen LogP contribution in [0, 0.1) is 0 Å². The van der Waals surface area contributed by atoms with Gasteiger partial charge in [-0.15, -0.1) is 0 Å². The van der Waals surface area contributed by atoms with Gasteiger partial charge in [0.05, 0.1) is 15.7 Å². The standard InChI is InChI=1S/C16H15Cl2NO/c17-13-8-15(19)16(9-14(13)18)20-12-6-5-10-3-1-2-4-11(10)7-12/h5-9H,1-4,19H2. The molecule has 0 aromatic heterocycles. The van der Waals surface area contributed by atoms with E-state index in [1.165, 1.54) is 24.0 Å². The Morgan fingerprint density at radius 1 is 0.900 bits per heavy atom. The van der Waals surface area contributed by atoms with Gasteiger partial charge in [0.15, 0.2) is 5.75 Å². The zero-order chi connectivity index (χ0) is 14.1. The van der Waals surface area contributed by atoms with E-state index in [1.54, 1.807) is 12.1 Å². The highest BCUT2D eigenvalue weighted by molar-refractivity contribution is 6.42. The molecule has 0 bridgehead atoms. The average molecular weight is 308 g/mol. The minimum Gasteiger partial charge on any atom is -0.455 e. The summed E-state index contributed by atoms with van der Waals surface area (Å²) in [5.41, 5.74) is 9.18. The highest BCUT2D eigenvalue weighted by Crippen LogP contribution is 2.36. The maximum Gasteiger partial charge on any atom is 0.151 e. The monoisotopic (exact) mass is 307 g/mol. The van der Waals surface area contributed by atoms with Crippen molar-refractivity contribution >= 4 is 28.9 Å². The summed E-state index contributed by atoms with van der Waals surface area (Å²) in [6.45, 7) is 0. The second-order valence-corrected chi connectivity index (χ2v) is 5.86. The summed E-state index contributed by atoms with van der Waals surface area (Å²) in [5.74, 6) is 1.32. The van der Waals surface area contributed by atoms with Crippen LogP contribution in [0.15, 0.2) is 30.3 Å². The maximum absolute atomic E-state index is 6.00. The second-order valence-electron chi connectivity index (χ2n) is 5.04. The van der Waals surface area contributed by atoms with Crippen LogP contribution in [-0.4, -0.2) is 0 Å². The lowest BCUT2D eigenvalue weighted by Crippen LogP contribution is -2.02. The van der Waals surface area contributed by atoms with Gasteiger partial charge in [-0.25, -0.2) is 0 Å². The molecule has 0 aliphatic heterocycles. The predicted molar refractivity (Wildman–Crippen MR) is 84.0 cm³/mol. The van der Waals surface area contributed by atoms with E-state index in [4.69, 9.17) is 33.7 Å². The lowest BCUT2D eigenvalue weighted by Gasteiger charge is -2.17. The third kappa shape index (κ3) is 2.72. The third-order valence-corrected chi connectivity index (χ3v) is 4.32. The molecule has 0 spiro atoms. The maximum atomic E-state index is 6.00. The highest BCUT2D eigenvalue weighted by Gasteiger charge is 2.12. The van der Waals surface area contributed by atoms with Crippen LogP contribution < -0.4 is 10.5 Å². The van der Waals surface area contributed by atoms with Crippen molar-refractivity contribution in [1.82, 2.24) is 0 Å². The van der Waals surface area contributed by atoms with Gasteiger partial charge in [-0.3, -0.25) is 0 Å². The molecule has 0 radical (unpaired) electrons. The molecule has 2 N–H and O–H groups in total. The molecule has 0 saturated heterocycles. The van der Waals surface area contributed by atoms with E-state index in [0.29, 0.717) is 21.5 Å². The molecule has 2 nitrogen and oxygen atoms in total. The molecule has 0 fully saturated rings. The van der Waals surface area contributed by atoms with Gasteiger partial charge in [-0.05, 0) is 55.0 Å². The van der Waals surface area contributed by atoms with Gasteiger partial charge in [0, 0.05) is 6.07 Å². The summed E-state index contributed by atoms with van der Waals surface area (Å²) in [5, 5.41) is 0.871. The summed E-state index contributed by atoms with van der Waals surface area (Å²) in [7, 11) is 0. The quantitative estimate of drug-likeness (QED) is 0.769. The van der Waals surface area contributed by atoms with Crippen LogP contribution in [0.3, 0.4) is 0 Å². The highest BCUT2D eigenvalue weighted by atomic mass is 35.5. The minimum atomic E-state index is 0.432. The largest absolute Gasteiger partial charge is 0.455 e. The van der Waals surface area contributed by atoms with E-state index >= 15 is 0 Å². The first-order chi connectivity index (χ1) is 9.63. The Morgan fingerprint density at radius 2 is 1.60 bits per heavy atom. The number of rotatable bonds is 2. The summed E-state index contributed by atoms with van der Waals surface area (Å²) in [4.78, 5) is 0. The minimum absolute atomic E-state index is 0.432. The summed E-state index contributed by atoms with van der Waals surface area (Å²) >= 11 is 11.9. The second kappa shape index (κ2) is 5.55. The Balaban J connectivity index is 1.89. The molecule has 20 heavy (non-hydrogen) atoms. The number of nitrogen functional groups attached to an aromatic ring is 1. The molecule has 0 saturated carbocycles. The van der Waals surface area contributed by atoms with Gasteiger partial charge in [-0.2, -0.15) is 0 Å². The lowest BCUT2D eigenvalue weighted by atomic mass is 9.92. The number of fused-ring (bicyclic) bond motifs is 1. The van der Waals surface area contributed by atoms with Gasteiger partial charge < -0.3 is 10.5 Å². The Kier molecular flexibility index (Phi) is 3.77. The van der Waals surface area contributed by atoms with E-state index in [0.717, 1.165) is 18.6 Å². The van der Waals surface area contributed by atoms with Gasteiger partial charge in [0.25, 0.3) is 0 Å². The molecule has 3 rings (SSSR count). The third-order valence-electron chi connectivity index (χ3n) is 3.60. The fourth-order valence-corrected chi connectivity index (χ4v) is 2.86. The lowest BCUT2D eigenvalue weighted by molar-refractivity contribution is 0.483.